The highest BCUT2D eigenvalue weighted by Gasteiger charge is 2.23. The lowest BCUT2D eigenvalue weighted by atomic mass is 9.85. The molecule has 0 bridgehead atoms. The lowest BCUT2D eigenvalue weighted by Gasteiger charge is -2.23. The largest absolute Gasteiger partial charge is 0.232 e. The van der Waals surface area contributed by atoms with E-state index in [1.165, 1.54) is 19.3 Å². The quantitative estimate of drug-likeness (QED) is 0.573. The maximum atomic E-state index is 6.20. The SMILES string of the molecule is Clc1nc(C2CCC2)nc2ccc(I)cc12. The number of halogens is 2. The van der Waals surface area contributed by atoms with Gasteiger partial charge in [0.25, 0.3) is 0 Å². The fourth-order valence-electron chi connectivity index (χ4n) is 1.93. The molecule has 4 heteroatoms. The highest BCUT2D eigenvalue weighted by atomic mass is 127. The Kier molecular flexibility index (Phi) is 2.75. The van der Waals surface area contributed by atoms with Crippen LogP contribution in [0.3, 0.4) is 0 Å². The van der Waals surface area contributed by atoms with Crippen LogP contribution in [-0.2, 0) is 0 Å². The zero-order valence-electron chi connectivity index (χ0n) is 8.58. The van der Waals surface area contributed by atoms with Crippen LogP contribution in [-0.4, -0.2) is 9.97 Å². The lowest BCUT2D eigenvalue weighted by molar-refractivity contribution is 0.402. The summed E-state index contributed by atoms with van der Waals surface area (Å²) in [6, 6.07) is 6.10. The van der Waals surface area contributed by atoms with Crippen LogP contribution in [0.2, 0.25) is 5.15 Å². The molecule has 1 aliphatic rings. The molecular weight excluding hydrogens is 335 g/mol. The maximum Gasteiger partial charge on any atom is 0.140 e. The van der Waals surface area contributed by atoms with Gasteiger partial charge in [-0.15, -0.1) is 0 Å². The molecule has 0 amide bonds. The van der Waals surface area contributed by atoms with E-state index >= 15 is 0 Å². The lowest BCUT2D eigenvalue weighted by Crippen LogP contribution is -2.12. The van der Waals surface area contributed by atoms with Gasteiger partial charge in [0.15, 0.2) is 0 Å². The van der Waals surface area contributed by atoms with Gasteiger partial charge in [0, 0.05) is 14.9 Å². The molecule has 1 aliphatic carbocycles. The third kappa shape index (κ3) is 1.80. The van der Waals surface area contributed by atoms with Gasteiger partial charge in [0.1, 0.15) is 11.0 Å². The summed E-state index contributed by atoms with van der Waals surface area (Å²) in [6.07, 6.45) is 3.69. The maximum absolute atomic E-state index is 6.20. The van der Waals surface area contributed by atoms with Crippen LogP contribution < -0.4 is 0 Å². The molecule has 3 rings (SSSR count). The minimum atomic E-state index is 0.529. The van der Waals surface area contributed by atoms with Crippen LogP contribution in [0.25, 0.3) is 10.9 Å². The standard InChI is InChI=1S/C12H10ClIN2/c13-11-9-6-8(14)4-5-10(9)15-12(16-11)7-2-1-3-7/h4-7H,1-3H2. The van der Waals surface area contributed by atoms with Crippen LogP contribution in [0.1, 0.15) is 31.0 Å². The van der Waals surface area contributed by atoms with Crippen molar-refractivity contribution in [2.24, 2.45) is 0 Å². The molecule has 1 saturated carbocycles. The predicted octanol–water partition coefficient (Wildman–Crippen LogP) is 4.16. The Morgan fingerprint density at radius 2 is 2.06 bits per heavy atom. The summed E-state index contributed by atoms with van der Waals surface area (Å²) in [5.74, 6) is 1.45. The van der Waals surface area contributed by atoms with E-state index < -0.39 is 0 Å². The first kappa shape index (κ1) is 10.7. The minimum Gasteiger partial charge on any atom is -0.232 e. The van der Waals surface area contributed by atoms with Gasteiger partial charge in [-0.2, -0.15) is 0 Å². The number of hydrogen-bond acceptors (Lipinski definition) is 2. The van der Waals surface area contributed by atoms with Crippen molar-refractivity contribution in [1.82, 2.24) is 9.97 Å². The molecule has 2 nitrogen and oxygen atoms in total. The molecule has 0 N–H and O–H groups in total. The van der Waals surface area contributed by atoms with E-state index in [4.69, 9.17) is 11.6 Å². The van der Waals surface area contributed by atoms with Gasteiger partial charge in [-0.1, -0.05) is 18.0 Å². The van der Waals surface area contributed by atoms with Gasteiger partial charge in [-0.25, -0.2) is 9.97 Å². The van der Waals surface area contributed by atoms with E-state index in [1.807, 2.05) is 12.1 Å². The fraction of sp³-hybridized carbons (Fsp3) is 0.333. The monoisotopic (exact) mass is 344 g/mol. The van der Waals surface area contributed by atoms with Gasteiger partial charge in [-0.3, -0.25) is 0 Å². The van der Waals surface area contributed by atoms with Crippen LogP contribution in [0.15, 0.2) is 18.2 Å². The molecule has 2 aromatic rings. The molecule has 16 heavy (non-hydrogen) atoms. The summed E-state index contributed by atoms with van der Waals surface area (Å²) >= 11 is 8.48. The molecule has 0 radical (unpaired) electrons. The third-order valence-electron chi connectivity index (χ3n) is 3.10. The average Bonchev–Trinajstić information content (AvgIpc) is 2.17. The molecular formula is C12H10ClIN2. The van der Waals surface area contributed by atoms with Crippen molar-refractivity contribution in [3.63, 3.8) is 0 Å². The molecule has 1 aromatic carbocycles. The second kappa shape index (κ2) is 4.11. The zero-order chi connectivity index (χ0) is 11.1. The Morgan fingerprint density at radius 1 is 1.25 bits per heavy atom. The van der Waals surface area contributed by atoms with E-state index in [-0.39, 0.29) is 0 Å². The molecule has 1 heterocycles. The normalized spacial score (nSPS) is 16.4. The topological polar surface area (TPSA) is 25.8 Å². The third-order valence-corrected chi connectivity index (χ3v) is 4.06. The Labute approximate surface area is 113 Å². The van der Waals surface area contributed by atoms with Crippen LogP contribution in [0.4, 0.5) is 0 Å². The van der Waals surface area contributed by atoms with E-state index in [9.17, 15) is 0 Å². The summed E-state index contributed by atoms with van der Waals surface area (Å²) in [4.78, 5) is 9.02. The molecule has 0 saturated heterocycles. The second-order valence-electron chi connectivity index (χ2n) is 4.16. The molecule has 1 aromatic heterocycles. The van der Waals surface area contributed by atoms with Crippen LogP contribution >= 0.6 is 34.2 Å². The Morgan fingerprint density at radius 3 is 2.75 bits per heavy atom. The van der Waals surface area contributed by atoms with Crippen molar-refractivity contribution in [2.45, 2.75) is 25.2 Å². The van der Waals surface area contributed by atoms with Crippen LogP contribution in [0.5, 0.6) is 0 Å². The van der Waals surface area contributed by atoms with Crippen molar-refractivity contribution in [3.05, 3.63) is 32.7 Å². The Balaban J connectivity index is 2.17. The summed E-state index contributed by atoms with van der Waals surface area (Å²) in [5.41, 5.74) is 0.960. The smallest absolute Gasteiger partial charge is 0.140 e. The van der Waals surface area contributed by atoms with E-state index in [0.29, 0.717) is 11.1 Å². The Bertz CT molecular complexity index is 552. The molecule has 1 fully saturated rings. The summed E-state index contributed by atoms with van der Waals surface area (Å²) < 4.78 is 1.16. The summed E-state index contributed by atoms with van der Waals surface area (Å²) in [6.45, 7) is 0. The first-order chi connectivity index (χ1) is 7.74. The number of fused-ring (bicyclic) bond motifs is 1. The minimum absolute atomic E-state index is 0.529. The van der Waals surface area contributed by atoms with Crippen molar-refractivity contribution in [2.75, 3.05) is 0 Å². The van der Waals surface area contributed by atoms with E-state index in [2.05, 4.69) is 38.6 Å². The van der Waals surface area contributed by atoms with Crippen molar-refractivity contribution < 1.29 is 0 Å². The van der Waals surface area contributed by atoms with Crippen molar-refractivity contribution in [3.8, 4) is 0 Å². The predicted molar refractivity (Wildman–Crippen MR) is 73.9 cm³/mol. The van der Waals surface area contributed by atoms with Gasteiger partial charge >= 0.3 is 0 Å². The molecule has 0 aliphatic heterocycles. The number of aromatic nitrogens is 2. The zero-order valence-corrected chi connectivity index (χ0v) is 11.5. The second-order valence-corrected chi connectivity index (χ2v) is 5.77. The Hall–Kier alpha value is -0.420. The first-order valence-electron chi connectivity index (χ1n) is 5.37. The van der Waals surface area contributed by atoms with Gasteiger partial charge in [0.05, 0.1) is 5.52 Å². The van der Waals surface area contributed by atoms with E-state index in [0.717, 1.165) is 20.3 Å². The first-order valence-corrected chi connectivity index (χ1v) is 6.82. The van der Waals surface area contributed by atoms with Crippen molar-refractivity contribution in [1.29, 1.82) is 0 Å². The highest BCUT2D eigenvalue weighted by molar-refractivity contribution is 14.1. The summed E-state index contributed by atoms with van der Waals surface area (Å²) in [7, 11) is 0. The molecule has 0 unspecified atom stereocenters. The van der Waals surface area contributed by atoms with Gasteiger partial charge < -0.3 is 0 Å². The number of nitrogens with zero attached hydrogens (tertiary/aromatic N) is 2. The molecule has 82 valence electrons. The van der Waals surface area contributed by atoms with Gasteiger partial charge in [0.2, 0.25) is 0 Å². The fourth-order valence-corrected chi connectivity index (χ4v) is 2.66. The van der Waals surface area contributed by atoms with Gasteiger partial charge in [-0.05, 0) is 53.6 Å². The number of benzene rings is 1. The molecule has 0 atom stereocenters. The molecule has 0 spiro atoms. The average molecular weight is 345 g/mol. The highest BCUT2D eigenvalue weighted by Crippen LogP contribution is 2.36. The van der Waals surface area contributed by atoms with E-state index in [1.54, 1.807) is 0 Å². The van der Waals surface area contributed by atoms with Crippen LogP contribution in [0, 0.1) is 3.57 Å². The number of rotatable bonds is 1. The van der Waals surface area contributed by atoms with Crippen molar-refractivity contribution >= 4 is 45.1 Å². The summed E-state index contributed by atoms with van der Waals surface area (Å²) in [5, 5.41) is 1.54. The number of hydrogen-bond donors (Lipinski definition) is 0.